The maximum Gasteiger partial charge on any atom is 0.414 e. The molecule has 1 unspecified atom stereocenters. The molecular weight excluding hydrogens is 400 g/mol. The first-order valence-corrected chi connectivity index (χ1v) is 11.7. The molecule has 1 atom stereocenters. The molecule has 1 aliphatic carbocycles. The average Bonchev–Trinajstić information content (AvgIpc) is 3.11. The molecular formula is C22H26N4O3S. The Morgan fingerprint density at radius 2 is 1.97 bits per heavy atom. The van der Waals surface area contributed by atoms with Crippen molar-refractivity contribution in [2.75, 3.05) is 27.9 Å². The second-order valence-corrected chi connectivity index (χ2v) is 9.46. The fraction of sp³-hybridized carbons (Fsp3) is 0.500. The first kappa shape index (κ1) is 19.5. The summed E-state index contributed by atoms with van der Waals surface area (Å²) in [5, 5.41) is 4.53. The molecule has 2 amide bonds. The molecule has 30 heavy (non-hydrogen) atoms. The zero-order valence-electron chi connectivity index (χ0n) is 17.3. The molecule has 3 heterocycles. The van der Waals surface area contributed by atoms with E-state index in [1.165, 1.54) is 0 Å². The van der Waals surface area contributed by atoms with Crippen molar-refractivity contribution in [2.45, 2.75) is 51.3 Å². The van der Waals surface area contributed by atoms with E-state index in [-0.39, 0.29) is 24.1 Å². The lowest BCUT2D eigenvalue weighted by Crippen LogP contribution is -2.52. The van der Waals surface area contributed by atoms with Gasteiger partial charge in [0.15, 0.2) is 0 Å². The van der Waals surface area contributed by atoms with Gasteiger partial charge in [0.2, 0.25) is 5.91 Å². The number of nitrogens with zero attached hydrogens (tertiary/aromatic N) is 4. The third kappa shape index (κ3) is 3.37. The Kier molecular flexibility index (Phi) is 4.97. The Morgan fingerprint density at radius 1 is 1.17 bits per heavy atom. The lowest BCUT2D eigenvalue weighted by atomic mass is 9.96. The molecule has 5 rings (SSSR count). The van der Waals surface area contributed by atoms with Crippen LogP contribution in [0.25, 0.3) is 11.1 Å². The molecule has 2 fully saturated rings. The number of benzene rings is 1. The average molecular weight is 427 g/mol. The van der Waals surface area contributed by atoms with Crippen LogP contribution in [-0.4, -0.2) is 52.0 Å². The van der Waals surface area contributed by atoms with E-state index in [0.29, 0.717) is 12.6 Å². The first-order chi connectivity index (χ1) is 14.5. The minimum absolute atomic E-state index is 0.0175. The standard InChI is InChI=1S/C22H26N4O3S/c1-14-10-24(22(28)29-19-4-3-5-19)21-8-16(6-7-20(21)26(14)15(2)27)17-9-23-25(11-17)18-12-30-13-18/h6-9,11,14,18-19H,3-5,10,12-13H2,1-2H3. The van der Waals surface area contributed by atoms with Gasteiger partial charge in [0, 0.05) is 36.7 Å². The van der Waals surface area contributed by atoms with Crippen molar-refractivity contribution in [3.63, 3.8) is 0 Å². The van der Waals surface area contributed by atoms with Crippen molar-refractivity contribution in [1.29, 1.82) is 0 Å². The molecule has 7 nitrogen and oxygen atoms in total. The number of fused-ring (bicyclic) bond motifs is 1. The molecule has 2 aromatic rings. The normalized spacial score (nSPS) is 21.6. The van der Waals surface area contributed by atoms with Crippen molar-refractivity contribution in [3.05, 3.63) is 30.6 Å². The van der Waals surface area contributed by atoms with Crippen LogP contribution in [0, 0.1) is 0 Å². The van der Waals surface area contributed by atoms with Crippen molar-refractivity contribution in [1.82, 2.24) is 9.78 Å². The molecule has 8 heteroatoms. The summed E-state index contributed by atoms with van der Waals surface area (Å²) in [6, 6.07) is 6.26. The van der Waals surface area contributed by atoms with E-state index in [1.54, 1.807) is 16.7 Å². The van der Waals surface area contributed by atoms with Crippen LogP contribution in [0.15, 0.2) is 30.6 Å². The molecule has 3 aliphatic rings. The van der Waals surface area contributed by atoms with Crippen molar-refractivity contribution >= 4 is 35.1 Å². The number of ether oxygens (including phenoxy) is 1. The quantitative estimate of drug-likeness (QED) is 0.740. The molecule has 1 aromatic heterocycles. The van der Waals surface area contributed by atoms with Gasteiger partial charge in [-0.25, -0.2) is 4.79 Å². The number of anilines is 2. The maximum atomic E-state index is 13.0. The summed E-state index contributed by atoms with van der Waals surface area (Å²) in [6.07, 6.45) is 6.60. The van der Waals surface area contributed by atoms with Gasteiger partial charge in [-0.1, -0.05) is 6.07 Å². The predicted molar refractivity (Wildman–Crippen MR) is 118 cm³/mol. The van der Waals surface area contributed by atoms with Crippen LogP contribution in [0.3, 0.4) is 0 Å². The number of carbonyl (C=O) groups excluding carboxylic acids is 2. The molecule has 1 aromatic carbocycles. The minimum Gasteiger partial charge on any atom is -0.446 e. The van der Waals surface area contributed by atoms with Crippen molar-refractivity contribution < 1.29 is 14.3 Å². The Bertz CT molecular complexity index is 983. The zero-order chi connectivity index (χ0) is 20.8. The fourth-order valence-corrected chi connectivity index (χ4v) is 4.97. The van der Waals surface area contributed by atoms with Gasteiger partial charge in [-0.05, 0) is 43.9 Å². The highest BCUT2D eigenvalue weighted by Crippen LogP contribution is 2.40. The molecule has 1 saturated carbocycles. The summed E-state index contributed by atoms with van der Waals surface area (Å²) in [4.78, 5) is 28.7. The van der Waals surface area contributed by atoms with Crippen LogP contribution >= 0.6 is 11.8 Å². The van der Waals surface area contributed by atoms with Gasteiger partial charge in [-0.2, -0.15) is 16.9 Å². The molecule has 0 spiro atoms. The van der Waals surface area contributed by atoms with Gasteiger partial charge >= 0.3 is 6.09 Å². The summed E-state index contributed by atoms with van der Waals surface area (Å²) < 4.78 is 7.72. The molecule has 1 saturated heterocycles. The van der Waals surface area contributed by atoms with E-state index < -0.39 is 0 Å². The highest BCUT2D eigenvalue weighted by molar-refractivity contribution is 8.00. The number of hydrogen-bond donors (Lipinski definition) is 0. The summed E-state index contributed by atoms with van der Waals surface area (Å²) in [5.41, 5.74) is 3.46. The highest BCUT2D eigenvalue weighted by atomic mass is 32.2. The van der Waals surface area contributed by atoms with Gasteiger partial charge in [0.1, 0.15) is 6.10 Å². The number of amides is 2. The lowest BCUT2D eigenvalue weighted by Gasteiger charge is -2.41. The fourth-order valence-electron chi connectivity index (χ4n) is 4.22. The maximum absolute atomic E-state index is 13.0. The van der Waals surface area contributed by atoms with E-state index in [1.807, 2.05) is 47.8 Å². The van der Waals surface area contributed by atoms with Crippen LogP contribution in [-0.2, 0) is 9.53 Å². The van der Waals surface area contributed by atoms with Gasteiger partial charge in [-0.3, -0.25) is 14.4 Å². The summed E-state index contributed by atoms with van der Waals surface area (Å²) in [7, 11) is 0. The molecule has 0 radical (unpaired) electrons. The Balaban J connectivity index is 1.50. The topological polar surface area (TPSA) is 67.7 Å². The molecule has 2 aliphatic heterocycles. The van der Waals surface area contributed by atoms with Gasteiger partial charge in [0.05, 0.1) is 29.7 Å². The number of aromatic nitrogens is 2. The van der Waals surface area contributed by atoms with Crippen LogP contribution in [0.4, 0.5) is 16.2 Å². The van der Waals surface area contributed by atoms with Crippen molar-refractivity contribution in [3.8, 4) is 11.1 Å². The summed E-state index contributed by atoms with van der Waals surface area (Å²) in [6.45, 7) is 3.94. The number of rotatable bonds is 3. The van der Waals surface area contributed by atoms with E-state index in [0.717, 1.165) is 53.3 Å². The Hall–Kier alpha value is -2.48. The third-order valence-electron chi connectivity index (χ3n) is 6.22. The highest BCUT2D eigenvalue weighted by Gasteiger charge is 2.36. The van der Waals surface area contributed by atoms with Crippen molar-refractivity contribution in [2.24, 2.45) is 0 Å². The van der Waals surface area contributed by atoms with Crippen LogP contribution < -0.4 is 9.80 Å². The predicted octanol–water partition coefficient (Wildman–Crippen LogP) is 4.09. The summed E-state index contributed by atoms with van der Waals surface area (Å²) in [5.74, 6) is 2.16. The van der Waals surface area contributed by atoms with Gasteiger partial charge in [0.25, 0.3) is 0 Å². The second kappa shape index (κ2) is 7.65. The first-order valence-electron chi connectivity index (χ1n) is 10.6. The molecule has 158 valence electrons. The van der Waals surface area contributed by atoms with E-state index in [2.05, 4.69) is 11.3 Å². The lowest BCUT2D eigenvalue weighted by molar-refractivity contribution is -0.117. The molecule has 0 bridgehead atoms. The second-order valence-electron chi connectivity index (χ2n) is 8.39. The Labute approximate surface area is 180 Å². The zero-order valence-corrected chi connectivity index (χ0v) is 18.1. The largest absolute Gasteiger partial charge is 0.446 e. The smallest absolute Gasteiger partial charge is 0.414 e. The van der Waals surface area contributed by atoms with Crippen LogP contribution in [0.5, 0.6) is 0 Å². The SMILES string of the molecule is CC(=O)N1c2ccc(-c3cnn(C4CSC4)c3)cc2N(C(=O)OC2CCC2)CC1C. The van der Waals surface area contributed by atoms with E-state index in [4.69, 9.17) is 4.74 Å². The van der Waals surface area contributed by atoms with Crippen LogP contribution in [0.2, 0.25) is 0 Å². The third-order valence-corrected chi connectivity index (χ3v) is 7.46. The Morgan fingerprint density at radius 3 is 2.60 bits per heavy atom. The summed E-state index contributed by atoms with van der Waals surface area (Å²) >= 11 is 1.93. The van der Waals surface area contributed by atoms with E-state index >= 15 is 0 Å². The number of hydrogen-bond acceptors (Lipinski definition) is 5. The monoisotopic (exact) mass is 426 g/mol. The van der Waals surface area contributed by atoms with Gasteiger partial charge in [-0.15, -0.1) is 0 Å². The molecule has 0 N–H and O–H groups in total. The number of carbonyl (C=O) groups is 2. The van der Waals surface area contributed by atoms with Crippen LogP contribution in [0.1, 0.15) is 39.2 Å². The number of thioether (sulfide) groups is 1. The van der Waals surface area contributed by atoms with Gasteiger partial charge < -0.3 is 9.64 Å². The van der Waals surface area contributed by atoms with E-state index in [9.17, 15) is 9.59 Å². The minimum atomic E-state index is -0.324.